The van der Waals surface area contributed by atoms with Gasteiger partial charge in [-0.1, -0.05) is 5.16 Å². The summed E-state index contributed by atoms with van der Waals surface area (Å²) in [6.45, 7) is 7.79. The quantitative estimate of drug-likeness (QED) is 0.879. The van der Waals surface area contributed by atoms with E-state index in [1.54, 1.807) is 0 Å². The molecular formula is C13H20N4O. The molecule has 0 aliphatic rings. The summed E-state index contributed by atoms with van der Waals surface area (Å²) in [6.07, 6.45) is 0.959. The minimum atomic E-state index is 0.855. The van der Waals surface area contributed by atoms with Crippen LogP contribution in [0, 0.1) is 20.8 Å². The lowest BCUT2D eigenvalue weighted by atomic mass is 10.1. The average molecular weight is 248 g/mol. The molecule has 2 aromatic heterocycles. The summed E-state index contributed by atoms with van der Waals surface area (Å²) in [7, 11) is 2.10. The fraction of sp³-hybridized carbons (Fsp3) is 0.538. The number of aryl methyl sites for hydroxylation is 3. The normalized spacial score (nSPS) is 11.4. The van der Waals surface area contributed by atoms with E-state index in [-0.39, 0.29) is 0 Å². The molecule has 0 fully saturated rings. The molecule has 0 bridgehead atoms. The fourth-order valence-electron chi connectivity index (χ4n) is 2.07. The first-order valence-corrected chi connectivity index (χ1v) is 6.17. The molecule has 0 aliphatic heterocycles. The highest BCUT2D eigenvalue weighted by Crippen LogP contribution is 2.13. The van der Waals surface area contributed by atoms with Gasteiger partial charge in [0, 0.05) is 24.3 Å². The topological polar surface area (TPSA) is 58.0 Å². The van der Waals surface area contributed by atoms with Crippen molar-refractivity contribution in [2.45, 2.75) is 33.7 Å². The van der Waals surface area contributed by atoms with Crippen LogP contribution in [0.3, 0.4) is 0 Å². The summed E-state index contributed by atoms with van der Waals surface area (Å²) in [4.78, 5) is 2.25. The molecule has 0 atom stereocenters. The summed E-state index contributed by atoms with van der Waals surface area (Å²) in [5, 5.41) is 11.2. The van der Waals surface area contributed by atoms with Crippen LogP contribution in [0.4, 0.5) is 0 Å². The second kappa shape index (κ2) is 5.35. The number of aromatic nitrogens is 3. The highest BCUT2D eigenvalue weighted by Gasteiger charge is 2.10. The van der Waals surface area contributed by atoms with Gasteiger partial charge in [0.25, 0.3) is 0 Å². The maximum absolute atomic E-state index is 5.16. The number of nitrogens with one attached hydrogen (secondary N) is 1. The van der Waals surface area contributed by atoms with Gasteiger partial charge in [-0.3, -0.25) is 5.10 Å². The summed E-state index contributed by atoms with van der Waals surface area (Å²) in [5.74, 6) is 0.927. The summed E-state index contributed by atoms with van der Waals surface area (Å²) in [5.41, 5.74) is 4.40. The Bertz CT molecular complexity index is 495. The van der Waals surface area contributed by atoms with E-state index in [0.29, 0.717) is 0 Å². The molecule has 0 saturated carbocycles. The van der Waals surface area contributed by atoms with Crippen molar-refractivity contribution in [3.05, 3.63) is 34.5 Å². The Hall–Kier alpha value is -1.62. The number of hydrogen-bond acceptors (Lipinski definition) is 4. The Labute approximate surface area is 107 Å². The van der Waals surface area contributed by atoms with E-state index in [4.69, 9.17) is 4.52 Å². The van der Waals surface area contributed by atoms with Crippen LogP contribution in [0.25, 0.3) is 0 Å². The highest BCUT2D eigenvalue weighted by atomic mass is 16.5. The number of nitrogens with zero attached hydrogens (tertiary/aromatic N) is 3. The molecule has 0 spiro atoms. The third-order valence-electron chi connectivity index (χ3n) is 3.12. The Morgan fingerprint density at radius 3 is 2.67 bits per heavy atom. The van der Waals surface area contributed by atoms with Crippen LogP contribution in [0.1, 0.15) is 28.4 Å². The standard InChI is InChI=1S/C13H20N4O/c1-9-7-12(15-14-9)8-17(4)6-5-13-10(2)16-18-11(13)3/h7H,5-6,8H2,1-4H3,(H,14,15). The van der Waals surface area contributed by atoms with Crippen molar-refractivity contribution >= 4 is 0 Å². The Morgan fingerprint density at radius 1 is 1.33 bits per heavy atom. The van der Waals surface area contributed by atoms with E-state index in [1.807, 2.05) is 20.8 Å². The largest absolute Gasteiger partial charge is 0.361 e. The monoisotopic (exact) mass is 248 g/mol. The van der Waals surface area contributed by atoms with E-state index in [1.165, 1.54) is 5.56 Å². The minimum Gasteiger partial charge on any atom is -0.361 e. The van der Waals surface area contributed by atoms with Gasteiger partial charge in [0.05, 0.1) is 11.4 Å². The zero-order valence-electron chi connectivity index (χ0n) is 11.4. The molecule has 18 heavy (non-hydrogen) atoms. The van der Waals surface area contributed by atoms with Gasteiger partial charge in [-0.25, -0.2) is 0 Å². The van der Waals surface area contributed by atoms with Crippen LogP contribution >= 0.6 is 0 Å². The number of hydrogen-bond donors (Lipinski definition) is 1. The van der Waals surface area contributed by atoms with Gasteiger partial charge >= 0.3 is 0 Å². The van der Waals surface area contributed by atoms with Crippen molar-refractivity contribution in [1.82, 2.24) is 20.3 Å². The van der Waals surface area contributed by atoms with E-state index < -0.39 is 0 Å². The lowest BCUT2D eigenvalue weighted by Crippen LogP contribution is -2.21. The van der Waals surface area contributed by atoms with Crippen LogP contribution < -0.4 is 0 Å². The van der Waals surface area contributed by atoms with Gasteiger partial charge in [0.2, 0.25) is 0 Å². The molecule has 1 N–H and O–H groups in total. The number of H-pyrrole nitrogens is 1. The second-order valence-corrected chi connectivity index (χ2v) is 4.83. The van der Waals surface area contributed by atoms with Crippen molar-refractivity contribution in [3.8, 4) is 0 Å². The first kappa shape index (κ1) is 12.8. The third kappa shape index (κ3) is 2.98. The average Bonchev–Trinajstić information content (AvgIpc) is 2.84. The SMILES string of the molecule is Cc1cc(CN(C)CCc2c(C)noc2C)n[nH]1. The van der Waals surface area contributed by atoms with Crippen molar-refractivity contribution in [1.29, 1.82) is 0 Å². The third-order valence-corrected chi connectivity index (χ3v) is 3.12. The molecule has 0 saturated heterocycles. The van der Waals surface area contributed by atoms with E-state index >= 15 is 0 Å². The molecule has 5 nitrogen and oxygen atoms in total. The van der Waals surface area contributed by atoms with Gasteiger partial charge in [0.1, 0.15) is 5.76 Å². The van der Waals surface area contributed by atoms with Gasteiger partial charge in [-0.05, 0) is 40.3 Å². The number of aromatic amines is 1. The highest BCUT2D eigenvalue weighted by molar-refractivity contribution is 5.21. The number of rotatable bonds is 5. The van der Waals surface area contributed by atoms with E-state index in [9.17, 15) is 0 Å². The lowest BCUT2D eigenvalue weighted by molar-refractivity contribution is 0.325. The van der Waals surface area contributed by atoms with Gasteiger partial charge in [-0.2, -0.15) is 5.10 Å². The lowest BCUT2D eigenvalue weighted by Gasteiger charge is -2.14. The Morgan fingerprint density at radius 2 is 2.11 bits per heavy atom. The summed E-state index contributed by atoms with van der Waals surface area (Å²) >= 11 is 0. The first-order valence-electron chi connectivity index (χ1n) is 6.17. The van der Waals surface area contributed by atoms with Crippen LogP contribution in [-0.2, 0) is 13.0 Å². The molecular weight excluding hydrogens is 228 g/mol. The zero-order chi connectivity index (χ0) is 13.1. The molecule has 0 aromatic carbocycles. The molecule has 2 aromatic rings. The van der Waals surface area contributed by atoms with Crippen molar-refractivity contribution in [2.24, 2.45) is 0 Å². The van der Waals surface area contributed by atoms with Gasteiger partial charge in [-0.15, -0.1) is 0 Å². The van der Waals surface area contributed by atoms with Crippen LogP contribution in [-0.4, -0.2) is 33.8 Å². The van der Waals surface area contributed by atoms with Crippen molar-refractivity contribution in [3.63, 3.8) is 0 Å². The first-order chi connectivity index (χ1) is 8.56. The van der Waals surface area contributed by atoms with Crippen molar-refractivity contribution in [2.75, 3.05) is 13.6 Å². The minimum absolute atomic E-state index is 0.855. The number of likely N-dealkylation sites (N-methyl/N-ethyl adjacent to an activating group) is 1. The molecule has 0 amide bonds. The molecule has 98 valence electrons. The zero-order valence-corrected chi connectivity index (χ0v) is 11.4. The summed E-state index contributed by atoms with van der Waals surface area (Å²) in [6, 6.07) is 2.08. The molecule has 5 heteroatoms. The molecule has 2 heterocycles. The smallest absolute Gasteiger partial charge is 0.137 e. The molecule has 2 rings (SSSR count). The van der Waals surface area contributed by atoms with Gasteiger partial charge in [0.15, 0.2) is 0 Å². The van der Waals surface area contributed by atoms with Crippen molar-refractivity contribution < 1.29 is 4.52 Å². The van der Waals surface area contributed by atoms with Gasteiger partial charge < -0.3 is 9.42 Å². The maximum atomic E-state index is 5.16. The Balaban J connectivity index is 1.87. The van der Waals surface area contributed by atoms with E-state index in [2.05, 4.69) is 33.4 Å². The fourth-order valence-corrected chi connectivity index (χ4v) is 2.07. The van der Waals surface area contributed by atoms with Crippen LogP contribution in [0.15, 0.2) is 10.6 Å². The van der Waals surface area contributed by atoms with Crippen LogP contribution in [0.5, 0.6) is 0 Å². The van der Waals surface area contributed by atoms with Crippen LogP contribution in [0.2, 0.25) is 0 Å². The molecule has 0 aliphatic carbocycles. The predicted octanol–water partition coefficient (Wildman–Crippen LogP) is 2.00. The maximum Gasteiger partial charge on any atom is 0.137 e. The van der Waals surface area contributed by atoms with E-state index in [0.717, 1.165) is 42.4 Å². The predicted molar refractivity (Wildman–Crippen MR) is 69.3 cm³/mol. The molecule has 0 radical (unpaired) electrons. The Kier molecular flexibility index (Phi) is 3.81. The summed E-state index contributed by atoms with van der Waals surface area (Å²) < 4.78 is 5.16. The molecule has 0 unspecified atom stereocenters. The second-order valence-electron chi connectivity index (χ2n) is 4.83.